The molecule has 1 saturated heterocycles. The molecule has 0 bridgehead atoms. The van der Waals surface area contributed by atoms with Crippen LogP contribution in [0.5, 0.6) is 5.75 Å². The second-order valence-electron chi connectivity index (χ2n) is 7.91. The zero-order valence-corrected chi connectivity index (χ0v) is 17.5. The summed E-state index contributed by atoms with van der Waals surface area (Å²) in [5.41, 5.74) is 4.70. The van der Waals surface area contributed by atoms with Crippen molar-refractivity contribution in [1.82, 2.24) is 9.88 Å². The van der Waals surface area contributed by atoms with Crippen LogP contribution in [0.3, 0.4) is 0 Å². The average Bonchev–Trinajstić information content (AvgIpc) is 3.29. The van der Waals surface area contributed by atoms with Crippen molar-refractivity contribution in [2.45, 2.75) is 32.7 Å². The van der Waals surface area contributed by atoms with Crippen molar-refractivity contribution in [3.63, 3.8) is 0 Å². The highest BCUT2D eigenvalue weighted by Gasteiger charge is 2.11. The Morgan fingerprint density at radius 3 is 2.83 bits per heavy atom. The maximum absolute atomic E-state index is 9.11. The second kappa shape index (κ2) is 9.60. The molecular weight excluding hydrogens is 372 g/mol. The number of hydrogen-bond acceptors (Lipinski definition) is 5. The Morgan fingerprint density at radius 1 is 1.13 bits per heavy atom. The molecule has 4 rings (SSSR count). The van der Waals surface area contributed by atoms with Gasteiger partial charge in [0.05, 0.1) is 23.8 Å². The number of rotatable bonds is 8. The van der Waals surface area contributed by atoms with E-state index in [0.29, 0.717) is 12.1 Å². The minimum atomic E-state index is 0.648. The molecule has 154 valence electrons. The monoisotopic (exact) mass is 400 g/mol. The molecule has 3 aromatic rings. The van der Waals surface area contributed by atoms with E-state index in [1.165, 1.54) is 25.9 Å². The summed E-state index contributed by atoms with van der Waals surface area (Å²) in [7, 11) is 0. The molecule has 0 amide bonds. The Balaban J connectivity index is 1.44. The van der Waals surface area contributed by atoms with Crippen LogP contribution in [0.15, 0.2) is 48.5 Å². The van der Waals surface area contributed by atoms with Crippen LogP contribution < -0.4 is 10.1 Å². The first-order valence-electron chi connectivity index (χ1n) is 10.7. The van der Waals surface area contributed by atoms with Crippen molar-refractivity contribution in [2.75, 3.05) is 31.6 Å². The third kappa shape index (κ3) is 5.08. The third-order valence-electron chi connectivity index (χ3n) is 5.53. The summed E-state index contributed by atoms with van der Waals surface area (Å²) < 4.78 is 6.03. The minimum absolute atomic E-state index is 0.648. The SMILES string of the molecule is Cc1cc(NCc2cccc(C#N)c2)c2cc(OCCCN3CCCC3)ccc2n1. The highest BCUT2D eigenvalue weighted by molar-refractivity contribution is 5.92. The quantitative estimate of drug-likeness (QED) is 0.546. The van der Waals surface area contributed by atoms with Crippen molar-refractivity contribution >= 4 is 16.6 Å². The zero-order valence-electron chi connectivity index (χ0n) is 17.5. The molecule has 2 heterocycles. The molecule has 0 spiro atoms. The molecule has 2 aromatic carbocycles. The first-order chi connectivity index (χ1) is 14.7. The van der Waals surface area contributed by atoms with E-state index in [-0.39, 0.29) is 0 Å². The Kier molecular flexibility index (Phi) is 6.46. The van der Waals surface area contributed by atoms with Gasteiger partial charge in [0.25, 0.3) is 0 Å². The van der Waals surface area contributed by atoms with Gasteiger partial charge in [0, 0.05) is 29.9 Å². The van der Waals surface area contributed by atoms with Gasteiger partial charge in [0.15, 0.2) is 0 Å². The van der Waals surface area contributed by atoms with Crippen molar-refractivity contribution in [1.29, 1.82) is 5.26 Å². The molecule has 1 aliphatic rings. The lowest BCUT2D eigenvalue weighted by Crippen LogP contribution is -2.21. The molecule has 1 fully saturated rings. The minimum Gasteiger partial charge on any atom is -0.494 e. The lowest BCUT2D eigenvalue weighted by molar-refractivity contribution is 0.263. The summed E-state index contributed by atoms with van der Waals surface area (Å²) in [6, 6.07) is 18.0. The third-order valence-corrected chi connectivity index (χ3v) is 5.53. The number of aromatic nitrogens is 1. The van der Waals surface area contributed by atoms with Gasteiger partial charge in [-0.05, 0) is 81.2 Å². The Bertz CT molecular complexity index is 1050. The molecule has 1 aromatic heterocycles. The number of benzene rings is 2. The van der Waals surface area contributed by atoms with E-state index < -0.39 is 0 Å². The van der Waals surface area contributed by atoms with Gasteiger partial charge < -0.3 is 15.0 Å². The Morgan fingerprint density at radius 2 is 2.00 bits per heavy atom. The fraction of sp³-hybridized carbons (Fsp3) is 0.360. The van der Waals surface area contributed by atoms with Crippen molar-refractivity contribution < 1.29 is 4.74 Å². The van der Waals surface area contributed by atoms with Crippen LogP contribution in [0.4, 0.5) is 5.69 Å². The standard InChI is InChI=1S/C25H28N4O/c1-19-14-25(27-18-21-7-4-6-20(15-21)17-26)23-16-22(8-9-24(23)28-19)30-13-5-12-29-10-2-3-11-29/h4,6-9,14-16H,2-3,5,10-13,18H2,1H3,(H,27,28). The van der Waals surface area contributed by atoms with Crippen LogP contribution in [-0.4, -0.2) is 36.1 Å². The van der Waals surface area contributed by atoms with Crippen LogP contribution >= 0.6 is 0 Å². The molecule has 0 atom stereocenters. The number of likely N-dealkylation sites (tertiary alicyclic amines) is 1. The van der Waals surface area contributed by atoms with E-state index in [1.54, 1.807) is 0 Å². The van der Waals surface area contributed by atoms with Gasteiger partial charge in [-0.3, -0.25) is 4.98 Å². The van der Waals surface area contributed by atoms with Gasteiger partial charge >= 0.3 is 0 Å². The fourth-order valence-corrected chi connectivity index (χ4v) is 4.01. The number of anilines is 1. The number of hydrogen-bond donors (Lipinski definition) is 1. The maximum Gasteiger partial charge on any atom is 0.120 e. The summed E-state index contributed by atoms with van der Waals surface area (Å²) in [6.07, 6.45) is 3.70. The lowest BCUT2D eigenvalue weighted by Gasteiger charge is -2.15. The summed E-state index contributed by atoms with van der Waals surface area (Å²) in [5.74, 6) is 0.879. The molecular formula is C25H28N4O. The largest absolute Gasteiger partial charge is 0.494 e. The van der Waals surface area contributed by atoms with Gasteiger partial charge in [-0.25, -0.2) is 0 Å². The molecule has 0 aliphatic carbocycles. The smallest absolute Gasteiger partial charge is 0.120 e. The summed E-state index contributed by atoms with van der Waals surface area (Å²) in [4.78, 5) is 7.18. The number of ether oxygens (including phenoxy) is 1. The summed E-state index contributed by atoms with van der Waals surface area (Å²) in [6.45, 7) is 6.95. The summed E-state index contributed by atoms with van der Waals surface area (Å²) in [5, 5.41) is 13.7. The van der Waals surface area contributed by atoms with Crippen molar-refractivity contribution in [3.05, 3.63) is 65.4 Å². The van der Waals surface area contributed by atoms with E-state index in [4.69, 9.17) is 10.00 Å². The number of pyridine rings is 1. The van der Waals surface area contributed by atoms with Crippen LogP contribution in [0.1, 0.15) is 36.1 Å². The molecule has 0 radical (unpaired) electrons. The average molecular weight is 401 g/mol. The molecule has 0 saturated carbocycles. The molecule has 1 N–H and O–H groups in total. The number of nitriles is 1. The predicted molar refractivity (Wildman–Crippen MR) is 121 cm³/mol. The van der Waals surface area contributed by atoms with Gasteiger partial charge in [-0.2, -0.15) is 5.26 Å². The Hall–Kier alpha value is -3.10. The van der Waals surface area contributed by atoms with Gasteiger partial charge in [0.2, 0.25) is 0 Å². The molecule has 0 unspecified atom stereocenters. The molecule has 5 nitrogen and oxygen atoms in total. The van der Waals surface area contributed by atoms with Crippen LogP contribution in [-0.2, 0) is 6.54 Å². The first-order valence-corrected chi connectivity index (χ1v) is 10.7. The summed E-state index contributed by atoms with van der Waals surface area (Å²) >= 11 is 0. The number of aryl methyl sites for hydroxylation is 1. The van der Waals surface area contributed by atoms with Gasteiger partial charge in [0.1, 0.15) is 5.75 Å². The molecule has 1 aliphatic heterocycles. The lowest BCUT2D eigenvalue weighted by atomic mass is 10.1. The number of nitrogens with zero attached hydrogens (tertiary/aromatic N) is 3. The first kappa shape index (κ1) is 20.2. The van der Waals surface area contributed by atoms with E-state index in [0.717, 1.165) is 53.2 Å². The van der Waals surface area contributed by atoms with E-state index in [1.807, 2.05) is 43.3 Å². The fourth-order valence-electron chi connectivity index (χ4n) is 4.01. The maximum atomic E-state index is 9.11. The molecule has 30 heavy (non-hydrogen) atoms. The van der Waals surface area contributed by atoms with E-state index in [2.05, 4.69) is 33.4 Å². The van der Waals surface area contributed by atoms with Gasteiger partial charge in [-0.15, -0.1) is 0 Å². The van der Waals surface area contributed by atoms with Gasteiger partial charge in [-0.1, -0.05) is 12.1 Å². The second-order valence-corrected chi connectivity index (χ2v) is 7.91. The van der Waals surface area contributed by atoms with Crippen molar-refractivity contribution in [2.24, 2.45) is 0 Å². The number of fused-ring (bicyclic) bond motifs is 1. The molecule has 5 heteroatoms. The Labute approximate surface area is 178 Å². The zero-order chi connectivity index (χ0) is 20.8. The highest BCUT2D eigenvalue weighted by Crippen LogP contribution is 2.28. The normalized spacial score (nSPS) is 14.0. The number of nitrogens with one attached hydrogen (secondary N) is 1. The van der Waals surface area contributed by atoms with E-state index in [9.17, 15) is 0 Å². The van der Waals surface area contributed by atoms with Crippen LogP contribution in [0, 0.1) is 18.3 Å². The van der Waals surface area contributed by atoms with Crippen LogP contribution in [0.25, 0.3) is 10.9 Å². The van der Waals surface area contributed by atoms with Crippen molar-refractivity contribution in [3.8, 4) is 11.8 Å². The highest BCUT2D eigenvalue weighted by atomic mass is 16.5. The van der Waals surface area contributed by atoms with E-state index >= 15 is 0 Å². The topological polar surface area (TPSA) is 61.2 Å². The predicted octanol–water partition coefficient (Wildman–Crippen LogP) is 4.89. The van der Waals surface area contributed by atoms with Crippen LogP contribution in [0.2, 0.25) is 0 Å².